The van der Waals surface area contributed by atoms with Gasteiger partial charge in [-0.15, -0.1) is 0 Å². The topological polar surface area (TPSA) is 30.0 Å². The lowest BCUT2D eigenvalue weighted by Gasteiger charge is -2.03. The summed E-state index contributed by atoms with van der Waals surface area (Å²) in [5.74, 6) is 0. The minimum Gasteiger partial charge on any atom is -0.298 e. The van der Waals surface area contributed by atoms with E-state index in [2.05, 4.69) is 20.9 Å². The Balaban J connectivity index is 3.15. The highest BCUT2D eigenvalue weighted by Crippen LogP contribution is 2.21. The predicted molar refractivity (Wildman–Crippen MR) is 47.2 cm³/mol. The van der Waals surface area contributed by atoms with Crippen LogP contribution in [-0.2, 0) is 5.33 Å². The normalized spacial score (nSPS) is 10.5. The van der Waals surface area contributed by atoms with Crippen molar-refractivity contribution in [3.8, 4) is 0 Å². The number of hydrogen-bond donors (Lipinski definition) is 0. The molecular weight excluding hydrogens is 244 g/mol. The van der Waals surface area contributed by atoms with Gasteiger partial charge in [0.05, 0.1) is 5.69 Å². The number of carbonyl (C=O) groups is 1. The van der Waals surface area contributed by atoms with Gasteiger partial charge in [0.2, 0.25) is 0 Å². The molecule has 0 amide bonds. The molecule has 2 nitrogen and oxygen atoms in total. The Morgan fingerprint density at radius 3 is 2.77 bits per heavy atom. The average molecular weight is 250 g/mol. The van der Waals surface area contributed by atoms with Crippen molar-refractivity contribution < 1.29 is 13.6 Å². The van der Waals surface area contributed by atoms with Crippen LogP contribution in [0.1, 0.15) is 28.0 Å². The SMILES string of the molecule is O=Cc1cc(CBr)ncc1C(F)F. The van der Waals surface area contributed by atoms with Crippen LogP contribution in [-0.4, -0.2) is 11.3 Å². The fraction of sp³-hybridized carbons (Fsp3) is 0.250. The number of alkyl halides is 3. The molecule has 0 saturated carbocycles. The van der Waals surface area contributed by atoms with E-state index in [1.807, 2.05) is 0 Å². The van der Waals surface area contributed by atoms with Crippen LogP contribution in [0.25, 0.3) is 0 Å². The molecule has 1 aromatic heterocycles. The van der Waals surface area contributed by atoms with Crippen molar-refractivity contribution in [2.75, 3.05) is 0 Å². The number of rotatable bonds is 3. The average Bonchev–Trinajstić information content (AvgIpc) is 2.16. The van der Waals surface area contributed by atoms with Crippen LogP contribution in [0.3, 0.4) is 0 Å². The fourth-order valence-electron chi connectivity index (χ4n) is 0.885. The van der Waals surface area contributed by atoms with Gasteiger partial charge >= 0.3 is 0 Å². The third-order valence-electron chi connectivity index (χ3n) is 1.52. The van der Waals surface area contributed by atoms with Gasteiger partial charge in [0.1, 0.15) is 0 Å². The number of pyridine rings is 1. The zero-order valence-electron chi connectivity index (χ0n) is 6.51. The molecule has 0 radical (unpaired) electrons. The van der Waals surface area contributed by atoms with Crippen molar-refractivity contribution in [2.45, 2.75) is 11.8 Å². The van der Waals surface area contributed by atoms with Gasteiger partial charge in [-0.3, -0.25) is 9.78 Å². The van der Waals surface area contributed by atoms with Crippen LogP contribution in [0.4, 0.5) is 8.78 Å². The lowest BCUT2D eigenvalue weighted by atomic mass is 10.1. The highest BCUT2D eigenvalue weighted by molar-refractivity contribution is 9.08. The molecule has 0 aliphatic heterocycles. The molecule has 0 unspecified atom stereocenters. The smallest absolute Gasteiger partial charge is 0.266 e. The summed E-state index contributed by atoms with van der Waals surface area (Å²) in [5, 5.41) is 0.442. The van der Waals surface area contributed by atoms with Gasteiger partial charge in [0, 0.05) is 22.7 Å². The maximum atomic E-state index is 12.2. The molecule has 13 heavy (non-hydrogen) atoms. The molecule has 1 heterocycles. The monoisotopic (exact) mass is 249 g/mol. The Kier molecular flexibility index (Phi) is 3.48. The molecule has 0 aliphatic carbocycles. The van der Waals surface area contributed by atoms with Crippen molar-refractivity contribution in [3.63, 3.8) is 0 Å². The van der Waals surface area contributed by atoms with Crippen molar-refractivity contribution in [3.05, 3.63) is 29.1 Å². The van der Waals surface area contributed by atoms with Crippen LogP contribution < -0.4 is 0 Å². The standard InChI is InChI=1S/C8H6BrF2NO/c9-2-6-1-5(4-13)7(3-12-6)8(10)11/h1,3-4,8H,2H2. The molecule has 0 atom stereocenters. The quantitative estimate of drug-likeness (QED) is 0.609. The van der Waals surface area contributed by atoms with E-state index in [-0.39, 0.29) is 11.1 Å². The summed E-state index contributed by atoms with van der Waals surface area (Å²) < 4.78 is 24.5. The number of aldehydes is 1. The molecule has 0 bridgehead atoms. The number of carbonyl (C=O) groups excluding carboxylic acids is 1. The highest BCUT2D eigenvalue weighted by atomic mass is 79.9. The molecule has 0 aromatic carbocycles. The van der Waals surface area contributed by atoms with Crippen molar-refractivity contribution in [1.29, 1.82) is 0 Å². The van der Waals surface area contributed by atoms with Crippen molar-refractivity contribution in [1.82, 2.24) is 4.98 Å². The second-order valence-electron chi connectivity index (χ2n) is 2.36. The van der Waals surface area contributed by atoms with Gasteiger partial charge < -0.3 is 0 Å². The van der Waals surface area contributed by atoms with Gasteiger partial charge in [-0.2, -0.15) is 0 Å². The van der Waals surface area contributed by atoms with Crippen molar-refractivity contribution in [2.24, 2.45) is 0 Å². The second-order valence-corrected chi connectivity index (χ2v) is 2.92. The molecule has 0 N–H and O–H groups in total. The molecule has 70 valence electrons. The first-order valence-electron chi connectivity index (χ1n) is 3.47. The van der Waals surface area contributed by atoms with Gasteiger partial charge in [0.15, 0.2) is 6.29 Å². The molecule has 0 aliphatic rings. The van der Waals surface area contributed by atoms with E-state index in [0.29, 0.717) is 17.3 Å². The van der Waals surface area contributed by atoms with E-state index in [4.69, 9.17) is 0 Å². The maximum absolute atomic E-state index is 12.2. The van der Waals surface area contributed by atoms with Gasteiger partial charge in [-0.1, -0.05) is 15.9 Å². The van der Waals surface area contributed by atoms with Gasteiger partial charge in [-0.05, 0) is 6.07 Å². The molecule has 0 fully saturated rings. The summed E-state index contributed by atoms with van der Waals surface area (Å²) in [4.78, 5) is 14.2. The Bertz CT molecular complexity index is 317. The summed E-state index contributed by atoms with van der Waals surface area (Å²) >= 11 is 3.12. The highest BCUT2D eigenvalue weighted by Gasteiger charge is 2.13. The lowest BCUT2D eigenvalue weighted by molar-refractivity contribution is 0.110. The molecule has 0 spiro atoms. The van der Waals surface area contributed by atoms with E-state index in [1.54, 1.807) is 0 Å². The first kappa shape index (κ1) is 10.2. The zero-order chi connectivity index (χ0) is 9.84. The first-order chi connectivity index (χ1) is 6.19. The predicted octanol–water partition coefficient (Wildman–Crippen LogP) is 2.73. The van der Waals surface area contributed by atoms with E-state index in [9.17, 15) is 13.6 Å². The van der Waals surface area contributed by atoms with Crippen LogP contribution >= 0.6 is 15.9 Å². The summed E-state index contributed by atoms with van der Waals surface area (Å²) in [6.07, 6.45) is -1.21. The first-order valence-corrected chi connectivity index (χ1v) is 4.59. The number of halogens is 3. The van der Waals surface area contributed by atoms with Gasteiger partial charge in [0.25, 0.3) is 6.43 Å². The summed E-state index contributed by atoms with van der Waals surface area (Å²) in [6, 6.07) is 1.35. The molecule has 1 aromatic rings. The van der Waals surface area contributed by atoms with E-state index >= 15 is 0 Å². The molecular formula is C8H6BrF2NO. The molecule has 1 rings (SSSR count). The summed E-state index contributed by atoms with van der Waals surface area (Å²) in [6.45, 7) is 0. The third kappa shape index (κ3) is 2.30. The zero-order valence-corrected chi connectivity index (χ0v) is 8.09. The maximum Gasteiger partial charge on any atom is 0.266 e. The van der Waals surface area contributed by atoms with Gasteiger partial charge in [-0.25, -0.2) is 8.78 Å². The number of aromatic nitrogens is 1. The van der Waals surface area contributed by atoms with Crippen molar-refractivity contribution >= 4 is 22.2 Å². The number of hydrogen-bond acceptors (Lipinski definition) is 2. The summed E-state index contributed by atoms with van der Waals surface area (Å²) in [5.41, 5.74) is 0.241. The van der Waals surface area contributed by atoms with Crippen LogP contribution in [0.5, 0.6) is 0 Å². The number of nitrogens with zero attached hydrogens (tertiary/aromatic N) is 1. The van der Waals surface area contributed by atoms with E-state index < -0.39 is 6.43 Å². The second kappa shape index (κ2) is 4.41. The minimum absolute atomic E-state index is 0.000509. The van der Waals surface area contributed by atoms with E-state index in [0.717, 1.165) is 6.20 Å². The van der Waals surface area contributed by atoms with Crippen LogP contribution in [0, 0.1) is 0 Å². The molecule has 5 heteroatoms. The Morgan fingerprint density at radius 2 is 2.31 bits per heavy atom. The minimum atomic E-state index is -2.66. The largest absolute Gasteiger partial charge is 0.298 e. The summed E-state index contributed by atoms with van der Waals surface area (Å²) in [7, 11) is 0. The van der Waals surface area contributed by atoms with Crippen LogP contribution in [0.2, 0.25) is 0 Å². The van der Waals surface area contributed by atoms with Crippen LogP contribution in [0.15, 0.2) is 12.3 Å². The lowest BCUT2D eigenvalue weighted by Crippen LogP contribution is -1.97. The Morgan fingerprint density at radius 1 is 1.62 bits per heavy atom. The Hall–Kier alpha value is -0.840. The van der Waals surface area contributed by atoms with E-state index in [1.165, 1.54) is 6.07 Å². The Labute approximate surface area is 82.1 Å². The molecule has 0 saturated heterocycles. The third-order valence-corrected chi connectivity index (χ3v) is 2.10. The fourth-order valence-corrected chi connectivity index (χ4v) is 1.19.